The number of hydrogen-bond acceptors (Lipinski definition) is 4. The summed E-state index contributed by atoms with van der Waals surface area (Å²) in [6.45, 7) is 10.0. The zero-order chi connectivity index (χ0) is 16.3. The molecule has 0 unspecified atom stereocenters. The molecule has 22 heavy (non-hydrogen) atoms. The summed E-state index contributed by atoms with van der Waals surface area (Å²) in [5.41, 5.74) is 3.05. The highest BCUT2D eigenvalue weighted by molar-refractivity contribution is 8.00. The molecule has 2 aromatic rings. The number of nitrogens with one attached hydrogen (secondary N) is 1. The van der Waals surface area contributed by atoms with Crippen molar-refractivity contribution in [2.45, 2.75) is 51.1 Å². The molecule has 0 aliphatic carbocycles. The smallest absolute Gasteiger partial charge is 0.237 e. The highest BCUT2D eigenvalue weighted by Crippen LogP contribution is 2.25. The predicted octanol–water partition coefficient (Wildman–Crippen LogP) is 3.60. The normalized spacial score (nSPS) is 12.5. The van der Waals surface area contributed by atoms with Crippen molar-refractivity contribution in [3.8, 4) is 0 Å². The van der Waals surface area contributed by atoms with E-state index < -0.39 is 0 Å². The molecule has 0 saturated heterocycles. The van der Waals surface area contributed by atoms with Crippen molar-refractivity contribution in [3.05, 3.63) is 35.7 Å². The number of carbonyl (C=O) groups is 1. The Bertz CT molecular complexity index is 666. The molecule has 0 radical (unpaired) electrons. The molecule has 1 aromatic carbocycles. The summed E-state index contributed by atoms with van der Waals surface area (Å²) in [5.74, 6) is -0.0305. The van der Waals surface area contributed by atoms with Crippen molar-refractivity contribution in [2.24, 2.45) is 0 Å². The van der Waals surface area contributed by atoms with E-state index in [0.29, 0.717) is 0 Å². The standard InChI is InChI=1S/C16H22N4OS/c1-10(2)20-9-17-19-16(20)22-13(5)15(21)18-14-8-11(3)6-7-12(14)4/h6-10,13H,1-5H3,(H,18,21)/t13-/m1/s1. The number of benzene rings is 1. The van der Waals surface area contributed by atoms with Crippen LogP contribution < -0.4 is 5.32 Å². The predicted molar refractivity (Wildman–Crippen MR) is 90.3 cm³/mol. The van der Waals surface area contributed by atoms with Crippen LogP contribution in [0.3, 0.4) is 0 Å². The Balaban J connectivity index is 2.06. The van der Waals surface area contributed by atoms with Crippen LogP contribution >= 0.6 is 11.8 Å². The maximum absolute atomic E-state index is 12.4. The van der Waals surface area contributed by atoms with E-state index in [1.807, 2.05) is 43.5 Å². The maximum Gasteiger partial charge on any atom is 0.237 e. The fraction of sp³-hybridized carbons (Fsp3) is 0.438. The van der Waals surface area contributed by atoms with Gasteiger partial charge < -0.3 is 9.88 Å². The first-order chi connectivity index (χ1) is 10.4. The van der Waals surface area contributed by atoms with Crippen molar-refractivity contribution in [1.82, 2.24) is 14.8 Å². The topological polar surface area (TPSA) is 59.8 Å². The summed E-state index contributed by atoms with van der Waals surface area (Å²) in [7, 11) is 0. The SMILES string of the molecule is Cc1ccc(C)c(NC(=O)[C@@H](C)Sc2nncn2C(C)C)c1. The minimum Gasteiger partial charge on any atom is -0.325 e. The van der Waals surface area contributed by atoms with Crippen LogP contribution in [-0.4, -0.2) is 25.9 Å². The van der Waals surface area contributed by atoms with E-state index in [9.17, 15) is 4.79 Å². The van der Waals surface area contributed by atoms with E-state index in [1.54, 1.807) is 6.33 Å². The zero-order valence-corrected chi connectivity index (χ0v) is 14.4. The van der Waals surface area contributed by atoms with Gasteiger partial charge in [0.1, 0.15) is 6.33 Å². The Morgan fingerprint density at radius 2 is 2.00 bits per heavy atom. The molecule has 6 heteroatoms. The first-order valence-electron chi connectivity index (χ1n) is 7.32. The molecule has 1 N–H and O–H groups in total. The molecule has 0 saturated carbocycles. The lowest BCUT2D eigenvalue weighted by Gasteiger charge is -2.15. The Morgan fingerprint density at radius 3 is 2.68 bits per heavy atom. The van der Waals surface area contributed by atoms with Crippen LogP contribution in [0.2, 0.25) is 0 Å². The van der Waals surface area contributed by atoms with Crippen molar-refractivity contribution in [3.63, 3.8) is 0 Å². The van der Waals surface area contributed by atoms with Crippen LogP contribution in [0.4, 0.5) is 5.69 Å². The number of anilines is 1. The first-order valence-corrected chi connectivity index (χ1v) is 8.20. The summed E-state index contributed by atoms with van der Waals surface area (Å²) >= 11 is 1.42. The molecule has 1 atom stereocenters. The fourth-order valence-corrected chi connectivity index (χ4v) is 2.94. The lowest BCUT2D eigenvalue weighted by Crippen LogP contribution is -2.23. The van der Waals surface area contributed by atoms with E-state index in [-0.39, 0.29) is 17.2 Å². The highest BCUT2D eigenvalue weighted by atomic mass is 32.2. The monoisotopic (exact) mass is 318 g/mol. The van der Waals surface area contributed by atoms with E-state index in [1.165, 1.54) is 11.8 Å². The second-order valence-corrected chi connectivity index (χ2v) is 6.99. The minimum absolute atomic E-state index is 0.0305. The third-order valence-electron chi connectivity index (χ3n) is 3.40. The molecular weight excluding hydrogens is 296 g/mol. The molecule has 1 amide bonds. The van der Waals surface area contributed by atoms with Gasteiger partial charge in [-0.3, -0.25) is 4.79 Å². The second kappa shape index (κ2) is 6.96. The van der Waals surface area contributed by atoms with Gasteiger partial charge in [0.2, 0.25) is 5.91 Å². The number of hydrogen-bond donors (Lipinski definition) is 1. The van der Waals surface area contributed by atoms with Gasteiger partial charge in [-0.15, -0.1) is 10.2 Å². The molecule has 1 aromatic heterocycles. The molecule has 5 nitrogen and oxygen atoms in total. The summed E-state index contributed by atoms with van der Waals surface area (Å²) in [6.07, 6.45) is 1.70. The molecule has 118 valence electrons. The molecule has 0 fully saturated rings. The van der Waals surface area contributed by atoms with E-state index in [0.717, 1.165) is 22.0 Å². The van der Waals surface area contributed by atoms with Gasteiger partial charge >= 0.3 is 0 Å². The number of thioether (sulfide) groups is 1. The van der Waals surface area contributed by atoms with E-state index in [4.69, 9.17) is 0 Å². The van der Waals surface area contributed by atoms with Gasteiger partial charge in [-0.1, -0.05) is 23.9 Å². The van der Waals surface area contributed by atoms with Crippen molar-refractivity contribution >= 4 is 23.4 Å². The molecule has 0 aliphatic rings. The van der Waals surface area contributed by atoms with Crippen LogP contribution in [0.5, 0.6) is 0 Å². The van der Waals surface area contributed by atoms with Gasteiger partial charge in [0.15, 0.2) is 5.16 Å². The van der Waals surface area contributed by atoms with Gasteiger partial charge in [-0.05, 0) is 51.8 Å². The fourth-order valence-electron chi connectivity index (χ4n) is 1.99. The largest absolute Gasteiger partial charge is 0.325 e. The van der Waals surface area contributed by atoms with Crippen LogP contribution in [0.15, 0.2) is 29.7 Å². The molecule has 2 rings (SSSR count). The van der Waals surface area contributed by atoms with Crippen LogP contribution in [0, 0.1) is 13.8 Å². The molecule has 0 aliphatic heterocycles. The third kappa shape index (κ3) is 3.88. The Labute approximate surface area is 135 Å². The number of rotatable bonds is 5. The zero-order valence-electron chi connectivity index (χ0n) is 13.6. The van der Waals surface area contributed by atoms with Crippen molar-refractivity contribution < 1.29 is 4.79 Å². The van der Waals surface area contributed by atoms with Gasteiger partial charge in [0.05, 0.1) is 5.25 Å². The summed E-state index contributed by atoms with van der Waals surface area (Å²) in [4.78, 5) is 12.4. The number of nitrogens with zero attached hydrogens (tertiary/aromatic N) is 3. The molecule has 0 spiro atoms. The Hall–Kier alpha value is -1.82. The summed E-state index contributed by atoms with van der Waals surface area (Å²) in [5, 5.41) is 11.5. The average molecular weight is 318 g/mol. The van der Waals surface area contributed by atoms with Gasteiger partial charge in [-0.25, -0.2) is 0 Å². The van der Waals surface area contributed by atoms with Gasteiger partial charge in [0.25, 0.3) is 0 Å². The molecule has 1 heterocycles. The Kier molecular flexibility index (Phi) is 5.24. The van der Waals surface area contributed by atoms with Crippen LogP contribution in [0.25, 0.3) is 0 Å². The van der Waals surface area contributed by atoms with Crippen molar-refractivity contribution in [1.29, 1.82) is 0 Å². The summed E-state index contributed by atoms with van der Waals surface area (Å²) < 4.78 is 1.96. The third-order valence-corrected chi connectivity index (χ3v) is 4.47. The Morgan fingerprint density at radius 1 is 1.27 bits per heavy atom. The minimum atomic E-state index is -0.249. The maximum atomic E-state index is 12.4. The number of carbonyl (C=O) groups excluding carboxylic acids is 1. The number of aryl methyl sites for hydroxylation is 2. The molecular formula is C16H22N4OS. The van der Waals surface area contributed by atoms with Crippen LogP contribution in [0.1, 0.15) is 37.9 Å². The second-order valence-electron chi connectivity index (χ2n) is 5.68. The summed E-state index contributed by atoms with van der Waals surface area (Å²) in [6, 6.07) is 6.31. The van der Waals surface area contributed by atoms with Crippen molar-refractivity contribution in [2.75, 3.05) is 5.32 Å². The van der Waals surface area contributed by atoms with E-state index >= 15 is 0 Å². The number of aromatic nitrogens is 3. The lowest BCUT2D eigenvalue weighted by atomic mass is 10.1. The van der Waals surface area contributed by atoms with E-state index in [2.05, 4.69) is 29.4 Å². The van der Waals surface area contributed by atoms with Gasteiger partial charge in [-0.2, -0.15) is 0 Å². The highest BCUT2D eigenvalue weighted by Gasteiger charge is 2.19. The van der Waals surface area contributed by atoms with Crippen LogP contribution in [-0.2, 0) is 4.79 Å². The first kappa shape index (κ1) is 16.5. The molecule has 0 bridgehead atoms. The number of amides is 1. The average Bonchev–Trinajstić information content (AvgIpc) is 2.91. The van der Waals surface area contributed by atoms with Gasteiger partial charge in [0, 0.05) is 11.7 Å². The quantitative estimate of drug-likeness (QED) is 0.856. The lowest BCUT2D eigenvalue weighted by molar-refractivity contribution is -0.115.